The fourth-order valence-electron chi connectivity index (χ4n) is 2.56. The van der Waals surface area contributed by atoms with Gasteiger partial charge in [-0.05, 0) is 36.4 Å². The van der Waals surface area contributed by atoms with Crippen LogP contribution in [0.1, 0.15) is 0 Å². The van der Waals surface area contributed by atoms with Crippen molar-refractivity contribution in [2.24, 2.45) is 0 Å². The van der Waals surface area contributed by atoms with Gasteiger partial charge in [-0.3, -0.25) is 4.57 Å². The molecular weight excluding hydrogens is 350 g/mol. The number of hydrogen-bond acceptors (Lipinski definition) is 5. The Morgan fingerprint density at radius 1 is 0.963 bits per heavy atom. The number of nitrogen functional groups attached to an aromatic ring is 1. The standard InChI is InChI=1S/C17H13N3O.C2H2O4/c18-17-19-14-7-1-2-8-15(14)20(17)13-6-3-5-12(11-13)16-9-4-10-21-16;3-1(4)2(5)6/h1-11H,(H2,18,19);(H,3,4)(H,5,6). The van der Waals surface area contributed by atoms with E-state index < -0.39 is 11.9 Å². The van der Waals surface area contributed by atoms with Crippen molar-refractivity contribution in [3.05, 3.63) is 66.9 Å². The Balaban J connectivity index is 0.000000307. The first kappa shape index (κ1) is 17.7. The number of imidazole rings is 1. The lowest BCUT2D eigenvalue weighted by Crippen LogP contribution is -2.09. The predicted octanol–water partition coefficient (Wildman–Crippen LogP) is 3.02. The van der Waals surface area contributed by atoms with Crippen molar-refractivity contribution in [3.8, 4) is 17.0 Å². The van der Waals surface area contributed by atoms with Crippen molar-refractivity contribution in [1.29, 1.82) is 0 Å². The molecule has 136 valence electrons. The molecule has 2 heterocycles. The van der Waals surface area contributed by atoms with E-state index in [0.717, 1.165) is 28.0 Å². The topological polar surface area (TPSA) is 132 Å². The number of carboxylic acids is 2. The Kier molecular flexibility index (Phi) is 4.89. The molecule has 0 aliphatic carbocycles. The zero-order valence-electron chi connectivity index (χ0n) is 13.9. The number of furan rings is 1. The Hall–Kier alpha value is -4.07. The summed E-state index contributed by atoms with van der Waals surface area (Å²) >= 11 is 0. The van der Waals surface area contributed by atoms with Crippen molar-refractivity contribution < 1.29 is 24.2 Å². The lowest BCUT2D eigenvalue weighted by molar-refractivity contribution is -0.159. The minimum atomic E-state index is -1.82. The number of carboxylic acid groups (broad SMARTS) is 2. The van der Waals surface area contributed by atoms with Gasteiger partial charge >= 0.3 is 11.9 Å². The summed E-state index contributed by atoms with van der Waals surface area (Å²) < 4.78 is 7.40. The molecule has 0 aliphatic rings. The molecule has 0 unspecified atom stereocenters. The third-order valence-electron chi connectivity index (χ3n) is 3.68. The quantitative estimate of drug-likeness (QED) is 0.465. The van der Waals surface area contributed by atoms with E-state index in [1.165, 1.54) is 0 Å². The van der Waals surface area contributed by atoms with E-state index in [1.807, 2.05) is 65.2 Å². The van der Waals surface area contributed by atoms with E-state index in [2.05, 4.69) is 4.98 Å². The Morgan fingerprint density at radius 3 is 2.37 bits per heavy atom. The second-order valence-electron chi connectivity index (χ2n) is 5.43. The van der Waals surface area contributed by atoms with Crippen molar-refractivity contribution in [3.63, 3.8) is 0 Å². The van der Waals surface area contributed by atoms with E-state index in [0.29, 0.717) is 5.95 Å². The summed E-state index contributed by atoms with van der Waals surface area (Å²) in [6, 6.07) is 19.8. The molecule has 0 saturated carbocycles. The normalized spacial score (nSPS) is 10.2. The van der Waals surface area contributed by atoms with Gasteiger partial charge < -0.3 is 20.4 Å². The van der Waals surface area contributed by atoms with Gasteiger partial charge in [-0.15, -0.1) is 0 Å². The number of fused-ring (bicyclic) bond motifs is 1. The molecule has 0 atom stereocenters. The smallest absolute Gasteiger partial charge is 0.414 e. The number of benzene rings is 2. The molecule has 2 aromatic heterocycles. The highest BCUT2D eigenvalue weighted by Crippen LogP contribution is 2.27. The van der Waals surface area contributed by atoms with Gasteiger partial charge in [-0.2, -0.15) is 0 Å². The first-order valence-electron chi connectivity index (χ1n) is 7.81. The van der Waals surface area contributed by atoms with Gasteiger partial charge in [0.05, 0.1) is 17.3 Å². The molecular formula is C19H15N3O5. The minimum absolute atomic E-state index is 0.479. The predicted molar refractivity (Wildman–Crippen MR) is 98.5 cm³/mol. The molecule has 0 radical (unpaired) electrons. The third kappa shape index (κ3) is 3.79. The van der Waals surface area contributed by atoms with Crippen LogP contribution in [-0.4, -0.2) is 31.7 Å². The summed E-state index contributed by atoms with van der Waals surface area (Å²) in [7, 11) is 0. The second-order valence-corrected chi connectivity index (χ2v) is 5.43. The van der Waals surface area contributed by atoms with Crippen LogP contribution in [0, 0.1) is 0 Å². The molecule has 0 fully saturated rings. The maximum Gasteiger partial charge on any atom is 0.414 e. The van der Waals surface area contributed by atoms with Crippen molar-refractivity contribution in [2.45, 2.75) is 0 Å². The first-order valence-corrected chi connectivity index (χ1v) is 7.81. The lowest BCUT2D eigenvalue weighted by Gasteiger charge is -2.08. The Morgan fingerprint density at radius 2 is 1.70 bits per heavy atom. The maximum atomic E-state index is 9.10. The number of hydrogen-bond donors (Lipinski definition) is 3. The third-order valence-corrected chi connectivity index (χ3v) is 3.68. The Labute approximate surface area is 153 Å². The molecule has 0 bridgehead atoms. The maximum absolute atomic E-state index is 9.10. The van der Waals surface area contributed by atoms with Gasteiger partial charge in [0.2, 0.25) is 5.95 Å². The molecule has 27 heavy (non-hydrogen) atoms. The highest BCUT2D eigenvalue weighted by atomic mass is 16.4. The van der Waals surface area contributed by atoms with E-state index in [9.17, 15) is 0 Å². The number of para-hydroxylation sites is 2. The molecule has 0 amide bonds. The summed E-state index contributed by atoms with van der Waals surface area (Å²) in [6.07, 6.45) is 1.67. The molecule has 2 aromatic carbocycles. The summed E-state index contributed by atoms with van der Waals surface area (Å²) in [5.74, 6) is -2.34. The van der Waals surface area contributed by atoms with Crippen LogP contribution in [0.25, 0.3) is 28.0 Å². The molecule has 0 aliphatic heterocycles. The fourth-order valence-corrected chi connectivity index (χ4v) is 2.56. The van der Waals surface area contributed by atoms with E-state index >= 15 is 0 Å². The van der Waals surface area contributed by atoms with Crippen LogP contribution < -0.4 is 5.73 Å². The van der Waals surface area contributed by atoms with Gasteiger partial charge in [-0.1, -0.05) is 24.3 Å². The second kappa shape index (κ2) is 7.44. The van der Waals surface area contributed by atoms with E-state index in [4.69, 9.17) is 30.0 Å². The zero-order chi connectivity index (χ0) is 19.4. The SMILES string of the molecule is Nc1nc2ccccc2n1-c1cccc(-c2ccco2)c1.O=C(O)C(=O)O. The van der Waals surface area contributed by atoms with Crippen molar-refractivity contribution in [1.82, 2.24) is 9.55 Å². The number of nitrogens with two attached hydrogens (primary N) is 1. The molecule has 4 N–H and O–H groups in total. The lowest BCUT2D eigenvalue weighted by atomic mass is 10.1. The van der Waals surface area contributed by atoms with Gasteiger partial charge in [0.1, 0.15) is 5.76 Å². The van der Waals surface area contributed by atoms with Crippen LogP contribution in [0.3, 0.4) is 0 Å². The largest absolute Gasteiger partial charge is 0.473 e. The van der Waals surface area contributed by atoms with Gasteiger partial charge in [0, 0.05) is 11.3 Å². The number of carbonyl (C=O) groups is 2. The van der Waals surface area contributed by atoms with Crippen LogP contribution in [0.5, 0.6) is 0 Å². The molecule has 4 aromatic rings. The van der Waals surface area contributed by atoms with Gasteiger partial charge in [-0.25, -0.2) is 14.6 Å². The molecule has 8 heteroatoms. The summed E-state index contributed by atoms with van der Waals surface area (Å²) in [4.78, 5) is 22.6. The van der Waals surface area contributed by atoms with Crippen LogP contribution in [-0.2, 0) is 9.59 Å². The minimum Gasteiger partial charge on any atom is -0.473 e. The van der Waals surface area contributed by atoms with Crippen LogP contribution >= 0.6 is 0 Å². The van der Waals surface area contributed by atoms with Crippen molar-refractivity contribution in [2.75, 3.05) is 5.73 Å². The average molecular weight is 365 g/mol. The number of nitrogens with zero attached hydrogens (tertiary/aromatic N) is 2. The van der Waals surface area contributed by atoms with Gasteiger partial charge in [0.25, 0.3) is 0 Å². The highest BCUT2D eigenvalue weighted by Gasteiger charge is 2.10. The highest BCUT2D eigenvalue weighted by molar-refractivity contribution is 6.27. The molecule has 0 saturated heterocycles. The first-order chi connectivity index (χ1) is 13.0. The van der Waals surface area contributed by atoms with Crippen LogP contribution in [0.4, 0.5) is 5.95 Å². The molecule has 8 nitrogen and oxygen atoms in total. The summed E-state index contributed by atoms with van der Waals surface area (Å²) in [6.45, 7) is 0. The number of anilines is 1. The van der Waals surface area contributed by atoms with Crippen LogP contribution in [0.2, 0.25) is 0 Å². The zero-order valence-corrected chi connectivity index (χ0v) is 13.9. The Bertz CT molecular complexity index is 1090. The van der Waals surface area contributed by atoms with E-state index in [-0.39, 0.29) is 0 Å². The number of aliphatic carboxylic acids is 2. The van der Waals surface area contributed by atoms with E-state index in [1.54, 1.807) is 6.26 Å². The van der Waals surface area contributed by atoms with Crippen molar-refractivity contribution >= 4 is 28.9 Å². The van der Waals surface area contributed by atoms with Gasteiger partial charge in [0.15, 0.2) is 0 Å². The monoisotopic (exact) mass is 365 g/mol. The summed E-state index contributed by atoms with van der Waals surface area (Å²) in [5.41, 5.74) is 9.94. The number of rotatable bonds is 2. The molecule has 4 rings (SSSR count). The summed E-state index contributed by atoms with van der Waals surface area (Å²) in [5, 5.41) is 14.8. The average Bonchev–Trinajstić information content (AvgIpc) is 3.29. The van der Waals surface area contributed by atoms with Crippen LogP contribution in [0.15, 0.2) is 71.3 Å². The fraction of sp³-hybridized carbons (Fsp3) is 0. The number of aromatic nitrogens is 2. The molecule has 0 spiro atoms.